The molecule has 0 fully saturated rings. The smallest absolute Gasteiger partial charge is 0.327 e. The molecule has 1 heterocycles. The second-order valence-corrected chi connectivity index (χ2v) is 4.92. The highest BCUT2D eigenvalue weighted by atomic mass is 16.4. The van der Waals surface area contributed by atoms with E-state index in [1.807, 2.05) is 38.1 Å². The normalized spacial score (nSPS) is 16.9. The molecule has 0 saturated heterocycles. The number of benzene rings is 1. The summed E-state index contributed by atoms with van der Waals surface area (Å²) in [5, 5.41) is 9.38. The Labute approximate surface area is 118 Å². The summed E-state index contributed by atoms with van der Waals surface area (Å²) in [6.45, 7) is 5.13. The number of carboxylic acids is 1. The summed E-state index contributed by atoms with van der Waals surface area (Å²) in [5.41, 5.74) is 1.64. The second-order valence-electron chi connectivity index (χ2n) is 4.92. The fourth-order valence-electron chi connectivity index (χ4n) is 2.63. The Bertz CT molecular complexity index is 516. The average molecular weight is 276 g/mol. The van der Waals surface area contributed by atoms with Crippen LogP contribution in [0.4, 0.5) is 10.5 Å². The van der Waals surface area contributed by atoms with Crippen LogP contribution in [0.25, 0.3) is 0 Å². The number of hydrogen-bond donors (Lipinski definition) is 1. The SMILES string of the molecule is CCCN(CC)C(=O)N1c2ccccc2C[C@H]1C(=O)O. The van der Waals surface area contributed by atoms with E-state index < -0.39 is 12.0 Å². The van der Waals surface area contributed by atoms with Gasteiger partial charge in [-0.1, -0.05) is 25.1 Å². The number of carbonyl (C=O) groups is 2. The van der Waals surface area contributed by atoms with Gasteiger partial charge in [0, 0.05) is 25.2 Å². The van der Waals surface area contributed by atoms with Crippen molar-refractivity contribution in [1.82, 2.24) is 4.90 Å². The molecular weight excluding hydrogens is 256 g/mol. The maximum Gasteiger partial charge on any atom is 0.327 e. The first-order valence-corrected chi connectivity index (χ1v) is 6.99. The van der Waals surface area contributed by atoms with Crippen LogP contribution >= 0.6 is 0 Å². The lowest BCUT2D eigenvalue weighted by molar-refractivity contribution is -0.138. The molecule has 2 amide bonds. The minimum atomic E-state index is -0.956. The Morgan fingerprint density at radius 3 is 2.65 bits per heavy atom. The van der Waals surface area contributed by atoms with Gasteiger partial charge in [0.1, 0.15) is 6.04 Å². The van der Waals surface area contributed by atoms with Crippen molar-refractivity contribution in [3.05, 3.63) is 29.8 Å². The number of nitrogens with zero attached hydrogens (tertiary/aromatic N) is 2. The van der Waals surface area contributed by atoms with Crippen molar-refractivity contribution in [2.75, 3.05) is 18.0 Å². The third kappa shape index (κ3) is 2.48. The van der Waals surface area contributed by atoms with Gasteiger partial charge in [-0.15, -0.1) is 0 Å². The van der Waals surface area contributed by atoms with Crippen molar-refractivity contribution in [1.29, 1.82) is 0 Å². The molecule has 0 spiro atoms. The number of aliphatic carboxylic acids is 1. The Hall–Kier alpha value is -2.04. The van der Waals surface area contributed by atoms with Crippen LogP contribution in [0.15, 0.2) is 24.3 Å². The molecule has 0 saturated carbocycles. The van der Waals surface area contributed by atoms with Crippen LogP contribution in [0.3, 0.4) is 0 Å². The van der Waals surface area contributed by atoms with Gasteiger partial charge >= 0.3 is 12.0 Å². The van der Waals surface area contributed by atoms with Gasteiger partial charge in [0.25, 0.3) is 0 Å². The number of amides is 2. The fourth-order valence-corrected chi connectivity index (χ4v) is 2.63. The molecule has 1 aromatic rings. The summed E-state index contributed by atoms with van der Waals surface area (Å²) in [5.74, 6) is -0.956. The Kier molecular flexibility index (Phi) is 4.27. The molecule has 108 valence electrons. The number of fused-ring (bicyclic) bond motifs is 1. The minimum Gasteiger partial charge on any atom is -0.480 e. The largest absolute Gasteiger partial charge is 0.480 e. The van der Waals surface area contributed by atoms with Crippen LogP contribution in [0.5, 0.6) is 0 Å². The molecule has 1 aromatic carbocycles. The summed E-state index contributed by atoms with van der Waals surface area (Å²) in [6.07, 6.45) is 1.23. The summed E-state index contributed by atoms with van der Waals surface area (Å²) in [4.78, 5) is 27.2. The van der Waals surface area contributed by atoms with Crippen LogP contribution in [0.1, 0.15) is 25.8 Å². The van der Waals surface area contributed by atoms with Gasteiger partial charge in [0.2, 0.25) is 0 Å². The van der Waals surface area contributed by atoms with Gasteiger partial charge in [-0.25, -0.2) is 9.59 Å². The first-order valence-electron chi connectivity index (χ1n) is 6.99. The highest BCUT2D eigenvalue weighted by Gasteiger charge is 2.39. The highest BCUT2D eigenvalue weighted by Crippen LogP contribution is 2.33. The van der Waals surface area contributed by atoms with Crippen LogP contribution in [0.2, 0.25) is 0 Å². The quantitative estimate of drug-likeness (QED) is 0.918. The minimum absolute atomic E-state index is 0.216. The Balaban J connectivity index is 2.35. The summed E-state index contributed by atoms with van der Waals surface area (Å²) in [7, 11) is 0. The van der Waals surface area contributed by atoms with Gasteiger partial charge in [0.15, 0.2) is 0 Å². The number of hydrogen-bond acceptors (Lipinski definition) is 2. The van der Waals surface area contributed by atoms with Crippen LogP contribution in [-0.4, -0.2) is 41.1 Å². The molecule has 1 atom stereocenters. The number of anilines is 1. The Morgan fingerprint density at radius 1 is 1.35 bits per heavy atom. The van der Waals surface area contributed by atoms with Crippen molar-refractivity contribution in [3.8, 4) is 0 Å². The first-order chi connectivity index (χ1) is 9.60. The number of carbonyl (C=O) groups excluding carboxylic acids is 1. The third-order valence-electron chi connectivity index (χ3n) is 3.61. The van der Waals surface area contributed by atoms with Crippen LogP contribution < -0.4 is 4.90 Å². The lowest BCUT2D eigenvalue weighted by Crippen LogP contribution is -2.49. The van der Waals surface area contributed by atoms with Crippen molar-refractivity contribution in [2.24, 2.45) is 0 Å². The van der Waals surface area contributed by atoms with Crippen molar-refractivity contribution < 1.29 is 14.7 Å². The molecule has 0 aromatic heterocycles. The molecule has 2 rings (SSSR count). The number of carboxylic acid groups (broad SMARTS) is 1. The predicted octanol–water partition coefficient (Wildman–Crippen LogP) is 2.35. The van der Waals surface area contributed by atoms with E-state index in [4.69, 9.17) is 0 Å². The Morgan fingerprint density at radius 2 is 2.05 bits per heavy atom. The lowest BCUT2D eigenvalue weighted by atomic mass is 10.1. The fraction of sp³-hybridized carbons (Fsp3) is 0.467. The van der Waals surface area contributed by atoms with E-state index in [0.29, 0.717) is 19.5 Å². The van der Waals surface area contributed by atoms with E-state index in [-0.39, 0.29) is 6.03 Å². The molecule has 1 aliphatic rings. The zero-order chi connectivity index (χ0) is 14.7. The van der Waals surface area contributed by atoms with E-state index in [9.17, 15) is 14.7 Å². The van der Waals surface area contributed by atoms with Crippen LogP contribution in [-0.2, 0) is 11.2 Å². The number of para-hydroxylation sites is 1. The standard InChI is InChI=1S/C15H20N2O3/c1-3-9-16(4-2)15(20)17-12-8-6-5-7-11(12)10-13(17)14(18)19/h5-8,13H,3-4,9-10H2,1-2H3,(H,18,19)/t13-/m0/s1. The van der Waals surface area contributed by atoms with E-state index in [2.05, 4.69) is 0 Å². The zero-order valence-corrected chi connectivity index (χ0v) is 11.9. The third-order valence-corrected chi connectivity index (χ3v) is 3.61. The maximum absolute atomic E-state index is 12.6. The molecule has 0 bridgehead atoms. The summed E-state index contributed by atoms with van der Waals surface area (Å²) in [6, 6.07) is 6.39. The zero-order valence-electron chi connectivity index (χ0n) is 11.9. The molecule has 1 aliphatic heterocycles. The van der Waals surface area contributed by atoms with Gasteiger partial charge in [-0.2, -0.15) is 0 Å². The highest BCUT2D eigenvalue weighted by molar-refractivity contribution is 6.01. The van der Waals surface area contributed by atoms with E-state index in [1.165, 1.54) is 4.90 Å². The summed E-state index contributed by atoms with van der Waals surface area (Å²) < 4.78 is 0. The second kappa shape index (κ2) is 5.94. The molecule has 0 unspecified atom stereocenters. The molecule has 5 heteroatoms. The van der Waals surface area contributed by atoms with Gasteiger partial charge in [-0.05, 0) is 25.0 Å². The maximum atomic E-state index is 12.6. The van der Waals surface area contributed by atoms with E-state index in [0.717, 1.165) is 17.7 Å². The molecular formula is C15H20N2O3. The monoisotopic (exact) mass is 276 g/mol. The topological polar surface area (TPSA) is 60.9 Å². The van der Waals surface area contributed by atoms with Crippen molar-refractivity contribution >= 4 is 17.7 Å². The van der Waals surface area contributed by atoms with Crippen LogP contribution in [0, 0.1) is 0 Å². The molecule has 5 nitrogen and oxygen atoms in total. The average Bonchev–Trinajstić information content (AvgIpc) is 2.83. The van der Waals surface area contributed by atoms with E-state index in [1.54, 1.807) is 4.90 Å². The first kappa shape index (κ1) is 14.4. The molecule has 0 aliphatic carbocycles. The predicted molar refractivity (Wildman–Crippen MR) is 77.0 cm³/mol. The number of urea groups is 1. The summed E-state index contributed by atoms with van der Waals surface area (Å²) >= 11 is 0. The van der Waals surface area contributed by atoms with Crippen molar-refractivity contribution in [2.45, 2.75) is 32.7 Å². The van der Waals surface area contributed by atoms with Crippen molar-refractivity contribution in [3.63, 3.8) is 0 Å². The van der Waals surface area contributed by atoms with Gasteiger partial charge in [0.05, 0.1) is 0 Å². The molecule has 0 radical (unpaired) electrons. The lowest BCUT2D eigenvalue weighted by Gasteiger charge is -2.30. The van der Waals surface area contributed by atoms with Gasteiger partial charge < -0.3 is 10.0 Å². The molecule has 1 N–H and O–H groups in total. The number of rotatable bonds is 4. The van der Waals surface area contributed by atoms with E-state index >= 15 is 0 Å². The van der Waals surface area contributed by atoms with Gasteiger partial charge in [-0.3, -0.25) is 4.90 Å². The molecule has 20 heavy (non-hydrogen) atoms.